The number of aromatic nitrogens is 2. The van der Waals surface area contributed by atoms with Crippen LogP contribution in [0.25, 0.3) is 0 Å². The van der Waals surface area contributed by atoms with Crippen LogP contribution in [0.5, 0.6) is 0 Å². The van der Waals surface area contributed by atoms with E-state index in [1.165, 1.54) is 12.3 Å². The molecule has 2 aliphatic heterocycles. The van der Waals surface area contributed by atoms with E-state index in [1.54, 1.807) is 45.9 Å². The van der Waals surface area contributed by atoms with Gasteiger partial charge >= 0.3 is 6.03 Å². The summed E-state index contributed by atoms with van der Waals surface area (Å²) in [7, 11) is 1.79. The van der Waals surface area contributed by atoms with Gasteiger partial charge in [0.1, 0.15) is 11.9 Å². The number of nitrogens with one attached hydrogen (secondary N) is 1. The standard InChI is InChI=1S/C19H23FN6O2/c1-23-6-7-24-8-9-25(13-17(24)18(23)27)19(28)22-15-10-21-26(12-15)11-14-4-2-3-5-16(14)20/h2-5,10,12,17H,6-9,11,13H2,1H3,(H,22,28)/t17-/m0/s1. The molecule has 0 radical (unpaired) electrons. The van der Waals surface area contributed by atoms with E-state index < -0.39 is 0 Å². The Labute approximate surface area is 162 Å². The molecule has 1 aromatic carbocycles. The van der Waals surface area contributed by atoms with Crippen molar-refractivity contribution in [2.24, 2.45) is 0 Å². The lowest BCUT2D eigenvalue weighted by atomic mass is 10.1. The number of urea groups is 1. The Hall–Kier alpha value is -2.94. The second-order valence-corrected chi connectivity index (χ2v) is 7.21. The number of hydrogen-bond donors (Lipinski definition) is 1. The quantitative estimate of drug-likeness (QED) is 0.856. The van der Waals surface area contributed by atoms with E-state index in [-0.39, 0.29) is 30.3 Å². The minimum Gasteiger partial charge on any atom is -0.343 e. The number of fused-ring (bicyclic) bond motifs is 1. The van der Waals surface area contributed by atoms with Gasteiger partial charge in [-0.2, -0.15) is 5.10 Å². The predicted molar refractivity (Wildman–Crippen MR) is 101 cm³/mol. The molecule has 2 saturated heterocycles. The van der Waals surface area contributed by atoms with Crippen molar-refractivity contribution in [1.82, 2.24) is 24.5 Å². The van der Waals surface area contributed by atoms with Gasteiger partial charge in [0.05, 0.1) is 18.4 Å². The van der Waals surface area contributed by atoms with E-state index in [0.717, 1.165) is 13.1 Å². The van der Waals surface area contributed by atoms with Crippen molar-refractivity contribution in [2.75, 3.05) is 45.1 Å². The number of rotatable bonds is 3. The summed E-state index contributed by atoms with van der Waals surface area (Å²) in [6.45, 7) is 3.48. The van der Waals surface area contributed by atoms with E-state index in [1.807, 2.05) is 0 Å². The van der Waals surface area contributed by atoms with Gasteiger partial charge in [-0.3, -0.25) is 14.4 Å². The molecule has 28 heavy (non-hydrogen) atoms. The van der Waals surface area contributed by atoms with Crippen LogP contribution in [-0.4, -0.2) is 82.2 Å². The van der Waals surface area contributed by atoms with E-state index in [9.17, 15) is 14.0 Å². The van der Waals surface area contributed by atoms with E-state index in [2.05, 4.69) is 15.3 Å². The summed E-state index contributed by atoms with van der Waals surface area (Å²) in [6.07, 6.45) is 3.20. The summed E-state index contributed by atoms with van der Waals surface area (Å²) in [5.74, 6) is -0.231. The Balaban J connectivity index is 1.37. The number of halogens is 1. The third-order valence-electron chi connectivity index (χ3n) is 5.34. The van der Waals surface area contributed by atoms with Crippen LogP contribution >= 0.6 is 0 Å². The molecule has 1 N–H and O–H groups in total. The van der Waals surface area contributed by atoms with Gasteiger partial charge in [-0.15, -0.1) is 0 Å². The average molecular weight is 386 g/mol. The highest BCUT2D eigenvalue weighted by molar-refractivity contribution is 5.90. The molecule has 0 bridgehead atoms. The summed E-state index contributed by atoms with van der Waals surface area (Å²) in [5.41, 5.74) is 1.07. The Morgan fingerprint density at radius 1 is 1.25 bits per heavy atom. The van der Waals surface area contributed by atoms with Gasteiger partial charge in [0, 0.05) is 51.5 Å². The highest BCUT2D eigenvalue weighted by atomic mass is 19.1. The second-order valence-electron chi connectivity index (χ2n) is 7.21. The summed E-state index contributed by atoms with van der Waals surface area (Å²) < 4.78 is 15.4. The van der Waals surface area contributed by atoms with E-state index in [0.29, 0.717) is 30.9 Å². The minimum absolute atomic E-state index is 0.0569. The highest BCUT2D eigenvalue weighted by Gasteiger charge is 2.38. The number of piperazine rings is 2. The van der Waals surface area contributed by atoms with Gasteiger partial charge in [0.15, 0.2) is 0 Å². The van der Waals surface area contributed by atoms with Crippen LogP contribution < -0.4 is 5.32 Å². The molecule has 8 nitrogen and oxygen atoms in total. The largest absolute Gasteiger partial charge is 0.343 e. The topological polar surface area (TPSA) is 73.7 Å². The molecule has 2 aliphatic rings. The number of anilines is 1. The zero-order valence-electron chi connectivity index (χ0n) is 15.7. The Bertz CT molecular complexity index is 885. The first kappa shape index (κ1) is 18.4. The Morgan fingerprint density at radius 3 is 2.86 bits per heavy atom. The molecule has 3 amide bonds. The molecule has 2 fully saturated rings. The van der Waals surface area contributed by atoms with E-state index >= 15 is 0 Å². The van der Waals surface area contributed by atoms with Gasteiger partial charge < -0.3 is 15.1 Å². The monoisotopic (exact) mass is 386 g/mol. The molecule has 4 rings (SSSR count). The lowest BCUT2D eigenvalue weighted by molar-refractivity contribution is -0.142. The number of nitrogens with zero attached hydrogens (tertiary/aromatic N) is 5. The smallest absolute Gasteiger partial charge is 0.322 e. The van der Waals surface area contributed by atoms with Crippen molar-refractivity contribution in [3.63, 3.8) is 0 Å². The number of amides is 3. The molecular formula is C19H23FN6O2. The van der Waals surface area contributed by atoms with Crippen molar-refractivity contribution in [1.29, 1.82) is 0 Å². The third kappa shape index (κ3) is 3.70. The van der Waals surface area contributed by atoms with Crippen LogP contribution in [0.3, 0.4) is 0 Å². The van der Waals surface area contributed by atoms with Crippen LogP contribution in [0.4, 0.5) is 14.9 Å². The molecule has 148 valence electrons. The van der Waals surface area contributed by atoms with Gasteiger partial charge in [-0.05, 0) is 6.07 Å². The first-order chi connectivity index (χ1) is 13.5. The maximum Gasteiger partial charge on any atom is 0.322 e. The van der Waals surface area contributed by atoms with Crippen LogP contribution in [0.15, 0.2) is 36.7 Å². The zero-order chi connectivity index (χ0) is 19.7. The van der Waals surface area contributed by atoms with Crippen molar-refractivity contribution in [3.05, 3.63) is 48.0 Å². The van der Waals surface area contributed by atoms with Gasteiger partial charge in [-0.1, -0.05) is 18.2 Å². The molecule has 0 unspecified atom stereocenters. The first-order valence-electron chi connectivity index (χ1n) is 9.32. The molecule has 0 saturated carbocycles. The number of carbonyl (C=O) groups excluding carboxylic acids is 2. The maximum absolute atomic E-state index is 13.8. The van der Waals surface area contributed by atoms with Crippen LogP contribution in [0.1, 0.15) is 5.56 Å². The normalized spacial score (nSPS) is 20.2. The SMILES string of the molecule is CN1CCN2CCN(C(=O)Nc3cnn(Cc4ccccc4F)c3)C[C@H]2C1=O. The fraction of sp³-hybridized carbons (Fsp3) is 0.421. The van der Waals surface area contributed by atoms with Gasteiger partial charge in [0.25, 0.3) is 0 Å². The Kier molecular flexibility index (Phi) is 4.99. The first-order valence-corrected chi connectivity index (χ1v) is 9.32. The van der Waals surface area contributed by atoms with Crippen LogP contribution in [-0.2, 0) is 11.3 Å². The summed E-state index contributed by atoms with van der Waals surface area (Å²) in [6, 6.07) is 5.99. The van der Waals surface area contributed by atoms with E-state index in [4.69, 9.17) is 0 Å². The molecule has 0 spiro atoms. The lowest BCUT2D eigenvalue weighted by Gasteiger charge is -2.45. The predicted octanol–water partition coefficient (Wildman–Crippen LogP) is 1.06. The number of benzene rings is 1. The van der Waals surface area contributed by atoms with Crippen LogP contribution in [0, 0.1) is 5.82 Å². The summed E-state index contributed by atoms with van der Waals surface area (Å²) in [5, 5.41) is 7.01. The summed E-state index contributed by atoms with van der Waals surface area (Å²) >= 11 is 0. The molecular weight excluding hydrogens is 363 g/mol. The minimum atomic E-state index is -0.288. The number of carbonyl (C=O) groups is 2. The van der Waals surface area contributed by atoms with Crippen molar-refractivity contribution < 1.29 is 14.0 Å². The highest BCUT2D eigenvalue weighted by Crippen LogP contribution is 2.17. The molecule has 2 aromatic rings. The van der Waals surface area contributed by atoms with Crippen molar-refractivity contribution in [2.45, 2.75) is 12.6 Å². The average Bonchev–Trinajstić information content (AvgIpc) is 3.13. The van der Waals surface area contributed by atoms with Gasteiger partial charge in [-0.25, -0.2) is 9.18 Å². The van der Waals surface area contributed by atoms with Crippen molar-refractivity contribution in [3.8, 4) is 0 Å². The summed E-state index contributed by atoms with van der Waals surface area (Å²) in [4.78, 5) is 30.5. The van der Waals surface area contributed by atoms with Crippen molar-refractivity contribution >= 4 is 17.6 Å². The number of likely N-dealkylation sites (N-methyl/N-ethyl adjacent to an activating group) is 1. The van der Waals surface area contributed by atoms with Gasteiger partial charge in [0.2, 0.25) is 5.91 Å². The molecule has 1 atom stereocenters. The zero-order valence-corrected chi connectivity index (χ0v) is 15.7. The maximum atomic E-state index is 13.8. The molecule has 1 aromatic heterocycles. The molecule has 9 heteroatoms. The Morgan fingerprint density at radius 2 is 2.04 bits per heavy atom. The fourth-order valence-corrected chi connectivity index (χ4v) is 3.67. The second kappa shape index (κ2) is 7.59. The number of hydrogen-bond acceptors (Lipinski definition) is 4. The molecule has 0 aliphatic carbocycles. The lowest BCUT2D eigenvalue weighted by Crippen LogP contribution is -2.65. The third-order valence-corrected chi connectivity index (χ3v) is 5.34. The van der Waals surface area contributed by atoms with Crippen LogP contribution in [0.2, 0.25) is 0 Å². The molecule has 3 heterocycles. The fourth-order valence-electron chi connectivity index (χ4n) is 3.67.